The molecule has 0 bridgehead atoms. The third-order valence-corrected chi connectivity index (χ3v) is 5.77. The average molecular weight is 426 g/mol. The minimum atomic E-state index is -7.67. The monoisotopic (exact) mass is 426 g/mol. The zero-order valence-electron chi connectivity index (χ0n) is 9.58. The second-order valence-electron chi connectivity index (χ2n) is 3.38. The third-order valence-electron chi connectivity index (χ3n) is 1.80. The molecule has 0 fully saturated rings. The molecule has 1 N–H and O–H groups in total. The zero-order valence-corrected chi connectivity index (χ0v) is 12.0. The number of hydrogen-bond donors (Lipinski definition) is 1. The van der Waals surface area contributed by atoms with E-state index in [1.54, 1.807) is 0 Å². The van der Waals surface area contributed by atoms with Crippen molar-refractivity contribution in [3.63, 3.8) is 0 Å². The zero-order chi connectivity index (χ0) is 19.3. The maximum atomic E-state index is 13.0. The summed E-state index contributed by atoms with van der Waals surface area (Å²) in [6, 6.07) is 0. The molecule has 0 aliphatic heterocycles. The van der Waals surface area contributed by atoms with E-state index in [1.165, 1.54) is 0 Å². The number of hydrogen-bond acceptors (Lipinski definition) is 6. The second kappa shape index (κ2) is 5.70. The second-order valence-corrected chi connectivity index (χ2v) is 8.02. The first-order chi connectivity index (χ1) is 9.65. The van der Waals surface area contributed by atoms with E-state index in [2.05, 4.69) is 0 Å². The summed E-state index contributed by atoms with van der Waals surface area (Å²) >= 11 is -5.34. The first-order valence-electron chi connectivity index (χ1n) is 4.22. The molecule has 0 amide bonds. The van der Waals surface area contributed by atoms with Crippen LogP contribution in [-0.2, 0) is 31.1 Å². The fourth-order valence-corrected chi connectivity index (χ4v) is 3.51. The van der Waals surface area contributed by atoms with Gasteiger partial charge in [0.05, 0.1) is 0 Å². The SMILES string of the molecule is O=S([O-])C(F)(F)C(F)(F)C(F)(F)S(=O)(=O)NS(=O)(=O)C(F)(F)F. The Bertz CT molecular complexity index is 693. The van der Waals surface area contributed by atoms with Crippen molar-refractivity contribution < 1.29 is 65.1 Å². The van der Waals surface area contributed by atoms with Gasteiger partial charge in [-0.15, -0.1) is 0 Å². The quantitative estimate of drug-likeness (QED) is 0.487. The molecule has 19 heteroatoms. The number of alkyl halides is 9. The van der Waals surface area contributed by atoms with E-state index in [4.69, 9.17) is 0 Å². The van der Waals surface area contributed by atoms with Gasteiger partial charge in [-0.25, -0.2) is 16.8 Å². The summed E-state index contributed by atoms with van der Waals surface area (Å²) in [5.41, 5.74) is -6.59. The van der Waals surface area contributed by atoms with Crippen LogP contribution in [0.3, 0.4) is 0 Å². The van der Waals surface area contributed by atoms with Crippen LogP contribution in [0.2, 0.25) is 0 Å². The maximum Gasteiger partial charge on any atom is 0.512 e. The summed E-state index contributed by atoms with van der Waals surface area (Å²) in [5, 5.41) is -14.0. The van der Waals surface area contributed by atoms with E-state index >= 15 is 0 Å². The molecule has 0 spiro atoms. The van der Waals surface area contributed by atoms with Crippen LogP contribution in [0.4, 0.5) is 39.5 Å². The standard InChI is InChI=1S/C4H2F9NO6S3/c5-1(6,2(7,8)21(15)16)3(9,10)22(17,18)14-23(19,20)4(11,12)13/h14H,(H,15,16)/p-1. The van der Waals surface area contributed by atoms with Crippen molar-refractivity contribution in [2.75, 3.05) is 0 Å². The molecule has 1 atom stereocenters. The Hall–Kier alpha value is -0.660. The Kier molecular flexibility index (Phi) is 5.54. The molecule has 0 aliphatic carbocycles. The summed E-state index contributed by atoms with van der Waals surface area (Å²) < 4.78 is 173. The molecule has 0 aromatic carbocycles. The molecule has 0 saturated carbocycles. The smallest absolute Gasteiger partial charge is 0.512 e. The highest BCUT2D eigenvalue weighted by atomic mass is 32.3. The lowest BCUT2D eigenvalue weighted by Crippen LogP contribution is -2.62. The van der Waals surface area contributed by atoms with Gasteiger partial charge in [0.1, 0.15) is 0 Å². The lowest BCUT2D eigenvalue weighted by Gasteiger charge is -2.32. The van der Waals surface area contributed by atoms with Gasteiger partial charge in [-0.05, 0) is 0 Å². The van der Waals surface area contributed by atoms with E-state index in [9.17, 15) is 65.1 Å². The van der Waals surface area contributed by atoms with Crippen LogP contribution in [0.25, 0.3) is 0 Å². The maximum absolute atomic E-state index is 13.0. The van der Waals surface area contributed by atoms with Gasteiger partial charge in [-0.1, -0.05) is 4.13 Å². The van der Waals surface area contributed by atoms with E-state index in [0.29, 0.717) is 0 Å². The predicted molar refractivity (Wildman–Crippen MR) is 50.8 cm³/mol. The number of halogens is 9. The van der Waals surface area contributed by atoms with Gasteiger partial charge in [-0.3, -0.25) is 4.21 Å². The van der Waals surface area contributed by atoms with Gasteiger partial charge in [0.25, 0.3) is 10.0 Å². The molecule has 0 saturated heterocycles. The van der Waals surface area contributed by atoms with E-state index < -0.39 is 57.2 Å². The third kappa shape index (κ3) is 3.56. The summed E-state index contributed by atoms with van der Waals surface area (Å²) in [7, 11) is -14.9. The summed E-state index contributed by atoms with van der Waals surface area (Å²) in [6.45, 7) is 0. The van der Waals surface area contributed by atoms with Crippen LogP contribution >= 0.6 is 0 Å². The predicted octanol–water partition coefficient (Wildman–Crippen LogP) is 0.455. The van der Waals surface area contributed by atoms with E-state index in [1.807, 2.05) is 0 Å². The van der Waals surface area contributed by atoms with Gasteiger partial charge in [0.15, 0.2) is 0 Å². The molecule has 0 rings (SSSR count). The molecule has 140 valence electrons. The fraction of sp³-hybridized carbons (Fsp3) is 1.00. The molecule has 23 heavy (non-hydrogen) atoms. The van der Waals surface area contributed by atoms with Gasteiger partial charge in [0, 0.05) is 11.1 Å². The van der Waals surface area contributed by atoms with Crippen molar-refractivity contribution >= 4 is 31.1 Å². The molecule has 1 unspecified atom stereocenters. The van der Waals surface area contributed by atoms with Crippen molar-refractivity contribution in [1.82, 2.24) is 4.13 Å². The van der Waals surface area contributed by atoms with Gasteiger partial charge < -0.3 is 4.55 Å². The van der Waals surface area contributed by atoms with Crippen LogP contribution in [-0.4, -0.2) is 47.5 Å². The molecular formula is C4HF9NO6S3-. The average Bonchev–Trinajstić information content (AvgIpc) is 2.24. The van der Waals surface area contributed by atoms with Crippen molar-refractivity contribution in [2.45, 2.75) is 21.9 Å². The highest BCUT2D eigenvalue weighted by molar-refractivity contribution is 8.05. The Morgan fingerprint density at radius 1 is 0.783 bits per heavy atom. The summed E-state index contributed by atoms with van der Waals surface area (Å²) in [5.74, 6) is -7.32. The van der Waals surface area contributed by atoms with E-state index in [0.717, 1.165) is 0 Å². The topological polar surface area (TPSA) is 120 Å². The number of nitrogens with one attached hydrogen (secondary N) is 1. The Morgan fingerprint density at radius 2 is 1.13 bits per heavy atom. The number of rotatable bonds is 6. The highest BCUT2D eigenvalue weighted by Gasteiger charge is 2.79. The van der Waals surface area contributed by atoms with Gasteiger partial charge in [-0.2, -0.15) is 39.5 Å². The largest absolute Gasteiger partial charge is 0.768 e. The molecule has 0 radical (unpaired) electrons. The minimum absolute atomic E-state index is 0.915. The van der Waals surface area contributed by atoms with Crippen molar-refractivity contribution in [1.29, 1.82) is 0 Å². The van der Waals surface area contributed by atoms with Crippen LogP contribution in [0.15, 0.2) is 0 Å². The number of sulfonamides is 2. The van der Waals surface area contributed by atoms with Crippen LogP contribution in [0.1, 0.15) is 0 Å². The Labute approximate surface area is 123 Å². The molecular weight excluding hydrogens is 425 g/mol. The van der Waals surface area contributed by atoms with Crippen molar-refractivity contribution in [3.05, 3.63) is 0 Å². The lowest BCUT2D eigenvalue weighted by atomic mass is 10.3. The Balaban J connectivity index is 6.18. The first-order valence-corrected chi connectivity index (χ1v) is 8.26. The van der Waals surface area contributed by atoms with Crippen molar-refractivity contribution in [3.8, 4) is 0 Å². The highest BCUT2D eigenvalue weighted by Crippen LogP contribution is 2.49. The molecule has 7 nitrogen and oxygen atoms in total. The molecule has 0 aromatic rings. The van der Waals surface area contributed by atoms with Gasteiger partial charge >= 0.3 is 32.0 Å². The van der Waals surface area contributed by atoms with E-state index in [-0.39, 0.29) is 0 Å². The minimum Gasteiger partial charge on any atom is -0.768 e. The molecule has 0 heterocycles. The summed E-state index contributed by atoms with van der Waals surface area (Å²) in [6.07, 6.45) is 0. The lowest BCUT2D eigenvalue weighted by molar-refractivity contribution is -0.244. The summed E-state index contributed by atoms with van der Waals surface area (Å²) in [4.78, 5) is 0. The first kappa shape index (κ1) is 22.3. The molecule has 0 aromatic heterocycles. The fourth-order valence-electron chi connectivity index (χ4n) is 0.687. The van der Waals surface area contributed by atoms with Crippen LogP contribution in [0, 0.1) is 0 Å². The molecule has 0 aliphatic rings. The Morgan fingerprint density at radius 3 is 1.39 bits per heavy atom. The van der Waals surface area contributed by atoms with Crippen LogP contribution in [0.5, 0.6) is 0 Å². The normalized spacial score (nSPS) is 17.1. The van der Waals surface area contributed by atoms with Crippen LogP contribution < -0.4 is 4.13 Å². The van der Waals surface area contributed by atoms with Crippen molar-refractivity contribution in [2.24, 2.45) is 0 Å². The van der Waals surface area contributed by atoms with Gasteiger partial charge in [0.2, 0.25) is 0 Å².